The molecule has 3 nitrogen and oxygen atoms in total. The van der Waals surface area contributed by atoms with E-state index in [1.54, 1.807) is 6.07 Å². The standard InChI is InChI=1S/C13H14FN3/c1-9-5-6-12-15-16-13(17(12)8-9)10-3-2-4-11(14)7-10/h2-4,7,9H,5-6,8H2,1H3. The van der Waals surface area contributed by atoms with Crippen molar-refractivity contribution in [2.45, 2.75) is 26.3 Å². The molecule has 0 aliphatic carbocycles. The lowest BCUT2D eigenvalue weighted by molar-refractivity contribution is 0.396. The van der Waals surface area contributed by atoms with E-state index < -0.39 is 0 Å². The zero-order chi connectivity index (χ0) is 11.8. The summed E-state index contributed by atoms with van der Waals surface area (Å²) in [7, 11) is 0. The Morgan fingerprint density at radius 1 is 1.35 bits per heavy atom. The summed E-state index contributed by atoms with van der Waals surface area (Å²) in [5.74, 6) is 2.20. The molecule has 1 atom stereocenters. The van der Waals surface area contributed by atoms with Gasteiger partial charge in [-0.15, -0.1) is 10.2 Å². The van der Waals surface area contributed by atoms with Gasteiger partial charge in [-0.25, -0.2) is 4.39 Å². The Morgan fingerprint density at radius 2 is 2.24 bits per heavy atom. The number of rotatable bonds is 1. The zero-order valence-corrected chi connectivity index (χ0v) is 9.73. The van der Waals surface area contributed by atoms with E-state index in [0.717, 1.165) is 36.6 Å². The first-order valence-electron chi connectivity index (χ1n) is 5.92. The number of hydrogen-bond acceptors (Lipinski definition) is 2. The van der Waals surface area contributed by atoms with Crippen molar-refractivity contribution in [2.24, 2.45) is 5.92 Å². The average molecular weight is 231 g/mol. The van der Waals surface area contributed by atoms with Gasteiger partial charge in [0.25, 0.3) is 0 Å². The van der Waals surface area contributed by atoms with Crippen LogP contribution in [0.5, 0.6) is 0 Å². The molecule has 0 amide bonds. The van der Waals surface area contributed by atoms with Gasteiger partial charge in [0.05, 0.1) is 0 Å². The van der Waals surface area contributed by atoms with E-state index in [0.29, 0.717) is 5.92 Å². The highest BCUT2D eigenvalue weighted by molar-refractivity contribution is 5.55. The zero-order valence-electron chi connectivity index (χ0n) is 9.73. The Kier molecular flexibility index (Phi) is 2.42. The number of hydrogen-bond donors (Lipinski definition) is 0. The SMILES string of the molecule is CC1CCc2nnc(-c3cccc(F)c3)n2C1. The van der Waals surface area contributed by atoms with Crippen LogP contribution in [0.3, 0.4) is 0 Å². The van der Waals surface area contributed by atoms with Gasteiger partial charge in [-0.05, 0) is 24.5 Å². The maximum Gasteiger partial charge on any atom is 0.164 e. The first-order valence-corrected chi connectivity index (χ1v) is 5.92. The summed E-state index contributed by atoms with van der Waals surface area (Å²) in [5.41, 5.74) is 0.804. The summed E-state index contributed by atoms with van der Waals surface area (Å²) in [4.78, 5) is 0. The molecule has 1 unspecified atom stereocenters. The highest BCUT2D eigenvalue weighted by Crippen LogP contribution is 2.25. The second-order valence-corrected chi connectivity index (χ2v) is 4.70. The van der Waals surface area contributed by atoms with Crippen molar-refractivity contribution in [3.8, 4) is 11.4 Å². The van der Waals surface area contributed by atoms with Gasteiger partial charge in [0.1, 0.15) is 11.6 Å². The van der Waals surface area contributed by atoms with E-state index >= 15 is 0 Å². The maximum absolute atomic E-state index is 13.2. The van der Waals surface area contributed by atoms with Gasteiger partial charge in [-0.1, -0.05) is 19.1 Å². The fourth-order valence-electron chi connectivity index (χ4n) is 2.33. The Bertz CT molecular complexity index is 547. The molecular weight excluding hydrogens is 217 g/mol. The van der Waals surface area contributed by atoms with E-state index in [1.807, 2.05) is 6.07 Å². The van der Waals surface area contributed by atoms with Crippen molar-refractivity contribution in [3.05, 3.63) is 35.9 Å². The molecule has 3 rings (SSSR count). The van der Waals surface area contributed by atoms with Gasteiger partial charge in [0.15, 0.2) is 5.82 Å². The van der Waals surface area contributed by atoms with Crippen molar-refractivity contribution in [1.82, 2.24) is 14.8 Å². The number of halogens is 1. The van der Waals surface area contributed by atoms with Crippen LogP contribution in [0.1, 0.15) is 19.2 Å². The van der Waals surface area contributed by atoms with Crippen LogP contribution < -0.4 is 0 Å². The molecule has 1 aromatic carbocycles. The van der Waals surface area contributed by atoms with E-state index in [9.17, 15) is 4.39 Å². The van der Waals surface area contributed by atoms with Crippen LogP contribution in [-0.2, 0) is 13.0 Å². The molecule has 0 radical (unpaired) electrons. The Labute approximate surface area is 99.3 Å². The normalized spacial score (nSPS) is 19.1. The monoisotopic (exact) mass is 231 g/mol. The van der Waals surface area contributed by atoms with Crippen LogP contribution in [0, 0.1) is 11.7 Å². The minimum Gasteiger partial charge on any atom is -0.311 e. The van der Waals surface area contributed by atoms with Crippen molar-refractivity contribution < 1.29 is 4.39 Å². The molecule has 17 heavy (non-hydrogen) atoms. The van der Waals surface area contributed by atoms with Gasteiger partial charge >= 0.3 is 0 Å². The third-order valence-electron chi connectivity index (χ3n) is 3.27. The molecule has 1 aromatic heterocycles. The van der Waals surface area contributed by atoms with Crippen LogP contribution in [-0.4, -0.2) is 14.8 Å². The van der Waals surface area contributed by atoms with Crippen molar-refractivity contribution in [3.63, 3.8) is 0 Å². The van der Waals surface area contributed by atoms with Crippen LogP contribution >= 0.6 is 0 Å². The summed E-state index contributed by atoms with van der Waals surface area (Å²) >= 11 is 0. The molecule has 4 heteroatoms. The summed E-state index contributed by atoms with van der Waals surface area (Å²) in [6, 6.07) is 6.54. The van der Waals surface area contributed by atoms with Gasteiger partial charge < -0.3 is 4.57 Å². The van der Waals surface area contributed by atoms with Crippen LogP contribution in [0.15, 0.2) is 24.3 Å². The molecule has 1 aliphatic heterocycles. The predicted molar refractivity (Wildman–Crippen MR) is 62.9 cm³/mol. The summed E-state index contributed by atoms with van der Waals surface area (Å²) in [6.45, 7) is 3.15. The van der Waals surface area contributed by atoms with E-state index in [4.69, 9.17) is 0 Å². The van der Waals surface area contributed by atoms with Gasteiger partial charge in [-0.3, -0.25) is 0 Å². The molecule has 1 aliphatic rings. The molecule has 0 saturated carbocycles. The predicted octanol–water partition coefficient (Wildman–Crippen LogP) is 2.67. The fraction of sp³-hybridized carbons (Fsp3) is 0.385. The molecule has 0 fully saturated rings. The van der Waals surface area contributed by atoms with E-state index in [1.165, 1.54) is 12.1 Å². The molecule has 2 aromatic rings. The highest BCUT2D eigenvalue weighted by Gasteiger charge is 2.20. The Balaban J connectivity index is 2.07. The number of benzene rings is 1. The smallest absolute Gasteiger partial charge is 0.164 e. The van der Waals surface area contributed by atoms with Crippen molar-refractivity contribution >= 4 is 0 Å². The second kappa shape index (κ2) is 3.95. The molecular formula is C13H14FN3. The van der Waals surface area contributed by atoms with Crippen LogP contribution in [0.25, 0.3) is 11.4 Å². The number of aryl methyl sites for hydroxylation is 1. The van der Waals surface area contributed by atoms with E-state index in [2.05, 4.69) is 21.7 Å². The summed E-state index contributed by atoms with van der Waals surface area (Å²) in [6.07, 6.45) is 2.12. The van der Waals surface area contributed by atoms with Crippen molar-refractivity contribution in [1.29, 1.82) is 0 Å². The minimum atomic E-state index is -0.233. The van der Waals surface area contributed by atoms with Crippen LogP contribution in [0.2, 0.25) is 0 Å². The molecule has 0 spiro atoms. The highest BCUT2D eigenvalue weighted by atomic mass is 19.1. The third kappa shape index (κ3) is 1.84. The quantitative estimate of drug-likeness (QED) is 0.755. The first kappa shape index (κ1) is 10.4. The third-order valence-corrected chi connectivity index (χ3v) is 3.27. The number of nitrogens with zero attached hydrogens (tertiary/aromatic N) is 3. The Morgan fingerprint density at radius 3 is 3.06 bits per heavy atom. The van der Waals surface area contributed by atoms with Crippen molar-refractivity contribution in [2.75, 3.05) is 0 Å². The average Bonchev–Trinajstić information content (AvgIpc) is 2.71. The van der Waals surface area contributed by atoms with Gasteiger partial charge in [0, 0.05) is 18.5 Å². The lowest BCUT2D eigenvalue weighted by Gasteiger charge is -2.20. The summed E-state index contributed by atoms with van der Waals surface area (Å²) < 4.78 is 15.3. The largest absolute Gasteiger partial charge is 0.311 e. The van der Waals surface area contributed by atoms with Gasteiger partial charge in [-0.2, -0.15) is 0 Å². The number of fused-ring (bicyclic) bond motifs is 1. The molecule has 0 bridgehead atoms. The first-order chi connectivity index (χ1) is 8.24. The fourth-order valence-corrected chi connectivity index (χ4v) is 2.33. The second-order valence-electron chi connectivity index (χ2n) is 4.70. The minimum absolute atomic E-state index is 0.233. The Hall–Kier alpha value is -1.71. The molecule has 0 N–H and O–H groups in total. The number of aromatic nitrogens is 3. The lowest BCUT2D eigenvalue weighted by Crippen LogP contribution is -2.18. The maximum atomic E-state index is 13.2. The van der Waals surface area contributed by atoms with Gasteiger partial charge in [0.2, 0.25) is 0 Å². The molecule has 88 valence electrons. The van der Waals surface area contributed by atoms with Crippen LogP contribution in [0.4, 0.5) is 4.39 Å². The molecule has 0 saturated heterocycles. The lowest BCUT2D eigenvalue weighted by atomic mass is 10.0. The molecule has 2 heterocycles. The summed E-state index contributed by atoms with van der Waals surface area (Å²) in [5, 5.41) is 8.38. The topological polar surface area (TPSA) is 30.7 Å². The van der Waals surface area contributed by atoms with E-state index in [-0.39, 0.29) is 5.82 Å².